The average Bonchev–Trinajstić information content (AvgIpc) is 2.43. The summed E-state index contributed by atoms with van der Waals surface area (Å²) in [5, 5.41) is 0. The highest BCUT2D eigenvalue weighted by molar-refractivity contribution is 5.86. The molecule has 18 heavy (non-hydrogen) atoms. The molecule has 1 rings (SSSR count). The van der Waals surface area contributed by atoms with Crippen LogP contribution in [0.25, 0.3) is 0 Å². The van der Waals surface area contributed by atoms with E-state index in [2.05, 4.69) is 19.5 Å². The van der Waals surface area contributed by atoms with Crippen molar-refractivity contribution in [1.29, 1.82) is 0 Å². The number of aliphatic imine (C=N–C) groups is 1. The van der Waals surface area contributed by atoms with Gasteiger partial charge < -0.3 is 9.47 Å². The van der Waals surface area contributed by atoms with Crippen molar-refractivity contribution in [3.05, 3.63) is 30.1 Å². The van der Waals surface area contributed by atoms with Crippen molar-refractivity contribution >= 4 is 18.2 Å². The van der Waals surface area contributed by atoms with E-state index in [0.29, 0.717) is 5.69 Å². The number of hydrogen-bond acceptors (Lipinski definition) is 6. The summed E-state index contributed by atoms with van der Waals surface area (Å²) in [6.45, 7) is 0. The molecule has 1 heterocycles. The molecule has 0 fully saturated rings. The molecular weight excluding hydrogens is 236 g/mol. The van der Waals surface area contributed by atoms with Crippen LogP contribution in [0.3, 0.4) is 0 Å². The van der Waals surface area contributed by atoms with E-state index in [1.54, 1.807) is 24.4 Å². The molecule has 0 aliphatic carbocycles. The molecule has 0 N–H and O–H groups in total. The minimum absolute atomic E-state index is 0.160. The second-order valence-corrected chi connectivity index (χ2v) is 3.35. The van der Waals surface area contributed by atoms with Gasteiger partial charge in [-0.25, -0.2) is 4.79 Å². The topological polar surface area (TPSA) is 77.9 Å². The van der Waals surface area contributed by atoms with E-state index in [9.17, 15) is 9.59 Å². The van der Waals surface area contributed by atoms with Crippen molar-refractivity contribution in [2.45, 2.75) is 12.5 Å². The smallest absolute Gasteiger partial charge is 0.331 e. The van der Waals surface area contributed by atoms with E-state index >= 15 is 0 Å². The average molecular weight is 250 g/mol. The molecular formula is C12H14N2O4. The van der Waals surface area contributed by atoms with Gasteiger partial charge in [0.25, 0.3) is 0 Å². The molecule has 0 saturated carbocycles. The number of hydrogen-bond donors (Lipinski definition) is 0. The number of aromatic nitrogens is 1. The summed E-state index contributed by atoms with van der Waals surface area (Å²) in [6.07, 6.45) is 2.87. The lowest BCUT2D eigenvalue weighted by atomic mass is 10.2. The number of methoxy groups -OCH3 is 2. The number of rotatable bonds is 5. The van der Waals surface area contributed by atoms with Crippen LogP contribution in [0, 0.1) is 0 Å². The van der Waals surface area contributed by atoms with Gasteiger partial charge in [-0.05, 0) is 12.1 Å². The predicted molar refractivity (Wildman–Crippen MR) is 64.3 cm³/mol. The Bertz CT molecular complexity index is 431. The molecule has 6 heteroatoms. The summed E-state index contributed by atoms with van der Waals surface area (Å²) in [6, 6.07) is 4.38. The number of esters is 2. The Balaban J connectivity index is 2.75. The Morgan fingerprint density at radius 3 is 2.72 bits per heavy atom. The van der Waals surface area contributed by atoms with Gasteiger partial charge in [0, 0.05) is 12.4 Å². The van der Waals surface area contributed by atoms with Crippen LogP contribution in [-0.2, 0) is 19.1 Å². The number of carbonyl (C=O) groups is 2. The van der Waals surface area contributed by atoms with Crippen LogP contribution >= 0.6 is 0 Å². The van der Waals surface area contributed by atoms with Crippen LogP contribution < -0.4 is 0 Å². The van der Waals surface area contributed by atoms with Crippen LogP contribution in [-0.4, -0.2) is 43.4 Å². The largest absolute Gasteiger partial charge is 0.469 e. The van der Waals surface area contributed by atoms with E-state index in [0.717, 1.165) is 0 Å². The molecule has 0 spiro atoms. The number of nitrogens with zero attached hydrogens (tertiary/aromatic N) is 2. The summed E-state index contributed by atoms with van der Waals surface area (Å²) in [4.78, 5) is 30.6. The Kier molecular flexibility index (Phi) is 5.50. The van der Waals surface area contributed by atoms with Crippen LogP contribution in [0.15, 0.2) is 29.4 Å². The monoisotopic (exact) mass is 250 g/mol. The SMILES string of the molecule is COC(=O)CC(N=Cc1ccccn1)C(=O)OC. The minimum Gasteiger partial charge on any atom is -0.469 e. The van der Waals surface area contributed by atoms with Gasteiger partial charge in [0.1, 0.15) is 0 Å². The maximum atomic E-state index is 11.4. The second-order valence-electron chi connectivity index (χ2n) is 3.35. The highest BCUT2D eigenvalue weighted by Gasteiger charge is 2.21. The molecule has 0 saturated heterocycles. The Morgan fingerprint density at radius 1 is 1.39 bits per heavy atom. The summed E-state index contributed by atoms with van der Waals surface area (Å²) in [7, 11) is 2.49. The van der Waals surface area contributed by atoms with Crippen LogP contribution in [0.1, 0.15) is 12.1 Å². The predicted octanol–water partition coefficient (Wildman–Crippen LogP) is 0.605. The zero-order valence-corrected chi connectivity index (χ0v) is 10.2. The molecule has 1 aromatic heterocycles. The van der Waals surface area contributed by atoms with Gasteiger partial charge in [0.15, 0.2) is 6.04 Å². The highest BCUT2D eigenvalue weighted by atomic mass is 16.5. The molecule has 0 radical (unpaired) electrons. The number of ether oxygens (including phenoxy) is 2. The summed E-state index contributed by atoms with van der Waals surface area (Å²) < 4.78 is 9.06. The lowest BCUT2D eigenvalue weighted by Crippen LogP contribution is -2.24. The zero-order chi connectivity index (χ0) is 13.4. The van der Waals surface area contributed by atoms with Crippen molar-refractivity contribution in [3.8, 4) is 0 Å². The fourth-order valence-electron chi connectivity index (χ4n) is 1.19. The number of pyridine rings is 1. The van der Waals surface area contributed by atoms with Crippen molar-refractivity contribution in [2.75, 3.05) is 14.2 Å². The Hall–Kier alpha value is -2.24. The number of carbonyl (C=O) groups excluding carboxylic acids is 2. The molecule has 1 unspecified atom stereocenters. The molecule has 96 valence electrons. The van der Waals surface area contributed by atoms with Crippen molar-refractivity contribution in [2.24, 2.45) is 4.99 Å². The molecule has 0 bridgehead atoms. The van der Waals surface area contributed by atoms with E-state index in [1.165, 1.54) is 20.4 Å². The first-order valence-corrected chi connectivity index (χ1v) is 5.26. The molecule has 1 atom stereocenters. The fourth-order valence-corrected chi connectivity index (χ4v) is 1.19. The van der Waals surface area contributed by atoms with E-state index in [4.69, 9.17) is 0 Å². The maximum Gasteiger partial charge on any atom is 0.331 e. The van der Waals surface area contributed by atoms with Gasteiger partial charge >= 0.3 is 11.9 Å². The van der Waals surface area contributed by atoms with Gasteiger partial charge in [0.05, 0.1) is 26.3 Å². The third kappa shape index (κ3) is 4.32. The van der Waals surface area contributed by atoms with Crippen molar-refractivity contribution < 1.29 is 19.1 Å². The standard InChI is InChI=1S/C12H14N2O4/c1-17-11(15)7-10(12(16)18-2)14-8-9-5-3-4-6-13-9/h3-6,8,10H,7H2,1-2H3. The fraction of sp³-hybridized carbons (Fsp3) is 0.333. The summed E-state index contributed by atoms with van der Waals surface area (Å²) in [5.41, 5.74) is 0.594. The molecule has 1 aromatic rings. The Labute approximate surface area is 105 Å². The van der Waals surface area contributed by atoms with Gasteiger partial charge in [-0.1, -0.05) is 6.07 Å². The van der Waals surface area contributed by atoms with Gasteiger partial charge in [-0.2, -0.15) is 0 Å². The zero-order valence-electron chi connectivity index (χ0n) is 10.2. The van der Waals surface area contributed by atoms with E-state index < -0.39 is 18.0 Å². The van der Waals surface area contributed by atoms with E-state index in [-0.39, 0.29) is 6.42 Å². The quantitative estimate of drug-likeness (QED) is 0.565. The van der Waals surface area contributed by atoms with Gasteiger partial charge in [-0.3, -0.25) is 14.8 Å². The first-order valence-electron chi connectivity index (χ1n) is 5.26. The van der Waals surface area contributed by atoms with Gasteiger partial charge in [-0.15, -0.1) is 0 Å². The highest BCUT2D eigenvalue weighted by Crippen LogP contribution is 2.03. The normalized spacial score (nSPS) is 12.1. The van der Waals surface area contributed by atoms with Crippen molar-refractivity contribution in [3.63, 3.8) is 0 Å². The third-order valence-electron chi connectivity index (χ3n) is 2.14. The minimum atomic E-state index is -0.913. The molecule has 0 aliphatic heterocycles. The van der Waals surface area contributed by atoms with Gasteiger partial charge in [0.2, 0.25) is 0 Å². The van der Waals surface area contributed by atoms with E-state index in [1.807, 2.05) is 0 Å². The van der Waals surface area contributed by atoms with Crippen LogP contribution in [0.4, 0.5) is 0 Å². The molecule has 0 aromatic carbocycles. The maximum absolute atomic E-state index is 11.4. The molecule has 0 amide bonds. The second kappa shape index (κ2) is 7.16. The first-order chi connectivity index (χ1) is 8.67. The summed E-state index contributed by atoms with van der Waals surface area (Å²) >= 11 is 0. The lowest BCUT2D eigenvalue weighted by Gasteiger charge is -2.08. The Morgan fingerprint density at radius 2 is 2.17 bits per heavy atom. The summed E-state index contributed by atoms with van der Waals surface area (Å²) in [5.74, 6) is -1.11. The molecule has 0 aliphatic rings. The molecule has 6 nitrogen and oxygen atoms in total. The third-order valence-corrected chi connectivity index (χ3v) is 2.14. The van der Waals surface area contributed by atoms with Crippen molar-refractivity contribution in [1.82, 2.24) is 4.98 Å². The lowest BCUT2D eigenvalue weighted by molar-refractivity contribution is -0.148. The van der Waals surface area contributed by atoms with Crippen LogP contribution in [0.5, 0.6) is 0 Å². The van der Waals surface area contributed by atoms with Crippen LogP contribution in [0.2, 0.25) is 0 Å². The first kappa shape index (κ1) is 13.8.